The Balaban J connectivity index is 1.80. The molecule has 0 spiro atoms. The summed E-state index contributed by atoms with van der Waals surface area (Å²) in [4.78, 5) is 23.8. The molecule has 4 N–H and O–H groups in total. The highest BCUT2D eigenvalue weighted by molar-refractivity contribution is 7.99. The maximum absolute atomic E-state index is 11.9. The van der Waals surface area contributed by atoms with Gasteiger partial charge in [0.25, 0.3) is 0 Å². The fourth-order valence-corrected chi connectivity index (χ4v) is 2.69. The lowest BCUT2D eigenvalue weighted by Crippen LogP contribution is -2.19. The lowest BCUT2D eigenvalue weighted by atomic mass is 10.2. The Morgan fingerprint density at radius 2 is 1.64 bits per heavy atom. The lowest BCUT2D eigenvalue weighted by Gasteiger charge is -2.07. The highest BCUT2D eigenvalue weighted by Crippen LogP contribution is 2.19. The normalized spacial score (nSPS) is 10.0. The van der Waals surface area contributed by atoms with E-state index in [4.69, 9.17) is 5.73 Å². The van der Waals surface area contributed by atoms with Crippen LogP contribution in [-0.4, -0.2) is 17.7 Å². The summed E-state index contributed by atoms with van der Waals surface area (Å²) >= 11 is 1.64. The zero-order chi connectivity index (χ0) is 15.8. The molecule has 0 aliphatic heterocycles. The van der Waals surface area contributed by atoms with Crippen molar-refractivity contribution in [3.8, 4) is 0 Å². The summed E-state index contributed by atoms with van der Waals surface area (Å²) < 4.78 is 0. The summed E-state index contributed by atoms with van der Waals surface area (Å²) in [5.74, 6) is 0.634. The minimum Gasteiger partial charge on any atom is -0.351 e. The van der Waals surface area contributed by atoms with Crippen molar-refractivity contribution in [2.75, 3.05) is 16.4 Å². The summed E-state index contributed by atoms with van der Waals surface area (Å²) in [6.45, 7) is 0. The fourth-order valence-electron chi connectivity index (χ4n) is 1.82. The van der Waals surface area contributed by atoms with Gasteiger partial charge in [0.1, 0.15) is 0 Å². The molecule has 0 aromatic heterocycles. The molecule has 0 fully saturated rings. The van der Waals surface area contributed by atoms with Crippen molar-refractivity contribution in [3.63, 3.8) is 0 Å². The van der Waals surface area contributed by atoms with E-state index in [1.807, 2.05) is 30.3 Å². The standard InChI is InChI=1S/C16H17N3O2S/c17-16(21)19-13-6-4-5-12(11-13)18-15(20)9-10-22-14-7-2-1-3-8-14/h1-8,11H,9-10H2,(H,18,20)(H3,17,19,21). The maximum atomic E-state index is 11.9. The van der Waals surface area contributed by atoms with Gasteiger partial charge in [-0.1, -0.05) is 24.3 Å². The first-order chi connectivity index (χ1) is 10.6. The Labute approximate surface area is 133 Å². The SMILES string of the molecule is NC(=O)Nc1cccc(NC(=O)CCSc2ccccc2)c1. The molecular weight excluding hydrogens is 298 g/mol. The monoisotopic (exact) mass is 315 g/mol. The summed E-state index contributed by atoms with van der Waals surface area (Å²) in [5.41, 5.74) is 6.23. The van der Waals surface area contributed by atoms with E-state index in [0.29, 0.717) is 23.5 Å². The molecule has 5 nitrogen and oxygen atoms in total. The van der Waals surface area contributed by atoms with Crippen molar-refractivity contribution < 1.29 is 9.59 Å². The van der Waals surface area contributed by atoms with Crippen LogP contribution in [0.1, 0.15) is 6.42 Å². The molecule has 0 aliphatic carbocycles. The van der Waals surface area contributed by atoms with Crippen molar-refractivity contribution in [3.05, 3.63) is 54.6 Å². The number of anilines is 2. The van der Waals surface area contributed by atoms with Gasteiger partial charge < -0.3 is 16.4 Å². The minimum absolute atomic E-state index is 0.0698. The van der Waals surface area contributed by atoms with E-state index in [-0.39, 0.29) is 5.91 Å². The Hall–Kier alpha value is -2.47. The zero-order valence-electron chi connectivity index (χ0n) is 11.9. The summed E-state index contributed by atoms with van der Waals surface area (Å²) in [7, 11) is 0. The zero-order valence-corrected chi connectivity index (χ0v) is 12.7. The van der Waals surface area contributed by atoms with Crippen molar-refractivity contribution in [2.24, 2.45) is 5.73 Å². The van der Waals surface area contributed by atoms with Gasteiger partial charge in [-0.3, -0.25) is 4.79 Å². The fraction of sp³-hybridized carbons (Fsp3) is 0.125. The van der Waals surface area contributed by atoms with Gasteiger partial charge in [0, 0.05) is 28.4 Å². The number of primary amides is 1. The van der Waals surface area contributed by atoms with Crippen LogP contribution in [0.4, 0.5) is 16.2 Å². The van der Waals surface area contributed by atoms with Crippen LogP contribution in [0.25, 0.3) is 0 Å². The van der Waals surface area contributed by atoms with Crippen LogP contribution in [0, 0.1) is 0 Å². The highest BCUT2D eigenvalue weighted by atomic mass is 32.2. The Bertz CT molecular complexity index is 647. The molecule has 0 heterocycles. The first-order valence-corrected chi connectivity index (χ1v) is 7.76. The number of hydrogen-bond donors (Lipinski definition) is 3. The van der Waals surface area contributed by atoms with Gasteiger partial charge in [0.05, 0.1) is 0 Å². The minimum atomic E-state index is -0.636. The largest absolute Gasteiger partial charge is 0.351 e. The Kier molecular flexibility index (Phi) is 5.85. The van der Waals surface area contributed by atoms with Crippen molar-refractivity contribution in [1.82, 2.24) is 0 Å². The van der Waals surface area contributed by atoms with Crippen LogP contribution in [0.5, 0.6) is 0 Å². The second-order valence-electron chi connectivity index (χ2n) is 4.53. The molecule has 2 aromatic carbocycles. The summed E-state index contributed by atoms with van der Waals surface area (Å²) in [6.07, 6.45) is 0.410. The van der Waals surface area contributed by atoms with Crippen molar-refractivity contribution in [1.29, 1.82) is 0 Å². The van der Waals surface area contributed by atoms with Gasteiger partial charge in [-0.05, 0) is 30.3 Å². The number of amides is 3. The van der Waals surface area contributed by atoms with Crippen LogP contribution in [0.2, 0.25) is 0 Å². The first kappa shape index (κ1) is 15.9. The number of urea groups is 1. The number of hydrogen-bond acceptors (Lipinski definition) is 3. The molecule has 0 radical (unpaired) electrons. The summed E-state index contributed by atoms with van der Waals surface area (Å²) in [6, 6.07) is 16.2. The van der Waals surface area contributed by atoms with E-state index in [0.717, 1.165) is 4.90 Å². The summed E-state index contributed by atoms with van der Waals surface area (Å²) in [5, 5.41) is 5.26. The molecule has 0 saturated carbocycles. The molecule has 6 heteroatoms. The van der Waals surface area contributed by atoms with E-state index >= 15 is 0 Å². The average molecular weight is 315 g/mol. The third-order valence-electron chi connectivity index (χ3n) is 2.75. The molecule has 22 heavy (non-hydrogen) atoms. The molecule has 2 rings (SSSR count). The topological polar surface area (TPSA) is 84.2 Å². The van der Waals surface area contributed by atoms with Crippen LogP contribution in [0.15, 0.2) is 59.5 Å². The predicted octanol–water partition coefficient (Wildman–Crippen LogP) is 3.30. The maximum Gasteiger partial charge on any atom is 0.316 e. The van der Waals surface area contributed by atoms with Crippen LogP contribution in [-0.2, 0) is 4.79 Å². The highest BCUT2D eigenvalue weighted by Gasteiger charge is 2.04. The Morgan fingerprint density at radius 1 is 0.955 bits per heavy atom. The third-order valence-corrected chi connectivity index (χ3v) is 3.77. The number of nitrogens with one attached hydrogen (secondary N) is 2. The smallest absolute Gasteiger partial charge is 0.316 e. The van der Waals surface area contributed by atoms with Gasteiger partial charge in [0.15, 0.2) is 0 Å². The number of benzene rings is 2. The van der Waals surface area contributed by atoms with E-state index in [1.165, 1.54) is 0 Å². The second kappa shape index (κ2) is 8.09. The molecule has 3 amide bonds. The second-order valence-corrected chi connectivity index (χ2v) is 5.70. The first-order valence-electron chi connectivity index (χ1n) is 6.78. The molecule has 0 unspecified atom stereocenters. The molecule has 2 aromatic rings. The van der Waals surface area contributed by atoms with Gasteiger partial charge >= 0.3 is 6.03 Å². The molecule has 0 aliphatic rings. The predicted molar refractivity (Wildman–Crippen MR) is 90.1 cm³/mol. The van der Waals surface area contributed by atoms with Crippen LogP contribution < -0.4 is 16.4 Å². The van der Waals surface area contributed by atoms with E-state index in [2.05, 4.69) is 10.6 Å². The molecule has 0 saturated heterocycles. The van der Waals surface area contributed by atoms with Crippen molar-refractivity contribution in [2.45, 2.75) is 11.3 Å². The number of carbonyl (C=O) groups is 2. The molecule has 0 atom stereocenters. The van der Waals surface area contributed by atoms with Gasteiger partial charge in [0.2, 0.25) is 5.91 Å². The number of carbonyl (C=O) groups excluding carboxylic acids is 2. The molecule has 114 valence electrons. The average Bonchev–Trinajstić information content (AvgIpc) is 2.48. The van der Waals surface area contributed by atoms with Gasteiger partial charge in [-0.25, -0.2) is 4.79 Å². The van der Waals surface area contributed by atoms with E-state index < -0.39 is 6.03 Å². The van der Waals surface area contributed by atoms with Crippen LogP contribution in [0.3, 0.4) is 0 Å². The number of nitrogens with two attached hydrogens (primary N) is 1. The molecular formula is C16H17N3O2S. The molecule has 0 bridgehead atoms. The lowest BCUT2D eigenvalue weighted by molar-refractivity contribution is -0.115. The third kappa shape index (κ3) is 5.49. The van der Waals surface area contributed by atoms with Crippen LogP contribution >= 0.6 is 11.8 Å². The number of thioether (sulfide) groups is 1. The number of rotatable bonds is 6. The van der Waals surface area contributed by atoms with Gasteiger partial charge in [-0.15, -0.1) is 11.8 Å². The van der Waals surface area contributed by atoms with E-state index in [1.54, 1.807) is 36.0 Å². The Morgan fingerprint density at radius 3 is 2.32 bits per heavy atom. The van der Waals surface area contributed by atoms with Gasteiger partial charge in [-0.2, -0.15) is 0 Å². The van der Waals surface area contributed by atoms with Crippen molar-refractivity contribution >= 4 is 35.1 Å². The quantitative estimate of drug-likeness (QED) is 0.715. The van der Waals surface area contributed by atoms with E-state index in [9.17, 15) is 9.59 Å².